The number of rotatable bonds is 6. The molecule has 0 spiro atoms. The molecule has 9 aromatic rings. The van der Waals surface area contributed by atoms with E-state index in [-0.39, 0.29) is 42.3 Å². The zero-order valence-corrected chi connectivity index (χ0v) is 41.2. The van der Waals surface area contributed by atoms with E-state index in [2.05, 4.69) is 141 Å². The molecular weight excluding hydrogens is 970 g/mol. The molecule has 5 nitrogen and oxygen atoms in total. The Balaban J connectivity index is 0.000000312. The first-order valence-electron chi connectivity index (χ1n) is 23.4. The van der Waals surface area contributed by atoms with Crippen molar-refractivity contribution in [1.29, 1.82) is 0 Å². The maximum atomic E-state index is 12.8. The molecule has 0 saturated carbocycles. The van der Waals surface area contributed by atoms with Crippen molar-refractivity contribution in [3.8, 4) is 33.6 Å². The van der Waals surface area contributed by atoms with Crippen LogP contribution in [0.1, 0.15) is 138 Å². The second-order valence-corrected chi connectivity index (χ2v) is 19.7. The molecule has 0 aliphatic carbocycles. The molecule has 0 atom stereocenters. The van der Waals surface area contributed by atoms with Gasteiger partial charge in [-0.1, -0.05) is 131 Å². The number of hydrogen-bond donors (Lipinski definition) is 0. The smallest absolute Gasteiger partial charge is 0.136 e. The molecule has 5 aromatic carbocycles. The molecule has 0 aliphatic heterocycles. The topological polar surface area (TPSA) is 65.0 Å². The fourth-order valence-corrected chi connectivity index (χ4v) is 8.24. The molecule has 4 aromatic heterocycles. The summed E-state index contributed by atoms with van der Waals surface area (Å²) >= 11 is 0. The molecule has 0 aliphatic rings. The van der Waals surface area contributed by atoms with Gasteiger partial charge in [-0.25, -0.2) is 4.98 Å². The van der Waals surface area contributed by atoms with Crippen LogP contribution in [0.5, 0.6) is 0 Å². The van der Waals surface area contributed by atoms with E-state index in [1.54, 1.807) is 24.7 Å². The number of halogens is 1. The van der Waals surface area contributed by atoms with Gasteiger partial charge in [0.1, 0.15) is 23.1 Å². The number of aromatic nitrogens is 3. The Morgan fingerprint density at radius 2 is 1.33 bits per heavy atom. The summed E-state index contributed by atoms with van der Waals surface area (Å²) in [6, 6.07) is 33.2. The van der Waals surface area contributed by atoms with Crippen LogP contribution in [0.4, 0.5) is 4.39 Å². The normalized spacial score (nSPS) is 13.1. The van der Waals surface area contributed by atoms with Gasteiger partial charge in [-0.15, -0.1) is 47.5 Å². The Bertz CT molecular complexity index is 3230. The van der Waals surface area contributed by atoms with Crippen molar-refractivity contribution < 1.29 is 37.4 Å². The molecule has 0 saturated heterocycles. The van der Waals surface area contributed by atoms with Gasteiger partial charge < -0.3 is 13.8 Å². The van der Waals surface area contributed by atoms with Gasteiger partial charge in [0.25, 0.3) is 0 Å². The molecule has 331 valence electrons. The van der Waals surface area contributed by atoms with Crippen molar-refractivity contribution in [1.82, 2.24) is 15.0 Å². The first-order chi connectivity index (χ1) is 31.0. The predicted octanol–water partition coefficient (Wildman–Crippen LogP) is 16.4. The van der Waals surface area contributed by atoms with Crippen molar-refractivity contribution in [2.75, 3.05) is 0 Å². The maximum absolute atomic E-state index is 12.8. The molecule has 4 heterocycles. The van der Waals surface area contributed by atoms with Crippen LogP contribution in [0, 0.1) is 24.8 Å². The Labute approximate surface area is 395 Å². The van der Waals surface area contributed by atoms with E-state index in [1.807, 2.05) is 30.3 Å². The standard InChI is InChI=1S/C42H43N2O2.C15H15FN.Ir/c1-22(2)27-16-29(23(3)4)40(30(17-27)24(5)6)26-12-14-35-31(15-26)32-18-37-33(19-36(32)45-35)39-25(7)11-13-28(41(39)46-37)34-20-38(42(8,9)10)44-21-43-34;1-15(2,3)12-8-9-17-14(10-12)11-4-6-13(16)7-5-11;/h11-12,14-24H,1-10H3;4,6-10H,1-3H3;/q2*-1;/i7D3;;. The quantitative estimate of drug-likeness (QED) is 0.155. The third-order valence-corrected chi connectivity index (χ3v) is 11.9. The van der Waals surface area contributed by atoms with Crippen LogP contribution >= 0.6 is 0 Å². The van der Waals surface area contributed by atoms with Crippen LogP contribution in [0.3, 0.4) is 0 Å². The van der Waals surface area contributed by atoms with Crippen LogP contribution in [-0.4, -0.2) is 15.0 Å². The molecule has 0 amide bonds. The second-order valence-electron chi connectivity index (χ2n) is 19.7. The van der Waals surface area contributed by atoms with Gasteiger partial charge >= 0.3 is 0 Å². The Morgan fingerprint density at radius 3 is 1.95 bits per heavy atom. The zero-order chi connectivity index (χ0) is 47.6. The summed E-state index contributed by atoms with van der Waals surface area (Å²) in [4.78, 5) is 13.3. The number of pyridine rings is 1. The van der Waals surface area contributed by atoms with E-state index >= 15 is 0 Å². The Hall–Kier alpha value is -5.49. The van der Waals surface area contributed by atoms with Crippen molar-refractivity contribution in [2.24, 2.45) is 0 Å². The van der Waals surface area contributed by atoms with Crippen LogP contribution in [-0.2, 0) is 30.9 Å². The summed E-state index contributed by atoms with van der Waals surface area (Å²) in [5.41, 5.74) is 14.0. The van der Waals surface area contributed by atoms with Gasteiger partial charge in [0, 0.05) is 63.5 Å². The Kier molecular flexibility index (Phi) is 11.8. The summed E-state index contributed by atoms with van der Waals surface area (Å²) in [6.07, 6.45) is 3.33. The van der Waals surface area contributed by atoms with Crippen molar-refractivity contribution in [2.45, 2.75) is 119 Å². The van der Waals surface area contributed by atoms with Crippen molar-refractivity contribution in [3.05, 3.63) is 149 Å². The average Bonchev–Trinajstić information content (AvgIpc) is 3.81. The predicted molar refractivity (Wildman–Crippen MR) is 259 cm³/mol. The fraction of sp³-hybridized carbons (Fsp3) is 0.316. The van der Waals surface area contributed by atoms with E-state index in [1.165, 1.54) is 39.9 Å². The zero-order valence-electron chi connectivity index (χ0n) is 41.8. The van der Waals surface area contributed by atoms with Gasteiger partial charge in [-0.2, -0.15) is 0 Å². The van der Waals surface area contributed by atoms with Gasteiger partial charge in [0.15, 0.2) is 0 Å². The fourth-order valence-electron chi connectivity index (χ4n) is 8.24. The summed E-state index contributed by atoms with van der Waals surface area (Å²) in [5.74, 6) is 0.868. The summed E-state index contributed by atoms with van der Waals surface area (Å²) < 4.78 is 51.0. The van der Waals surface area contributed by atoms with E-state index in [4.69, 9.17) is 12.9 Å². The largest absolute Gasteiger partial charge is 0.501 e. The minimum Gasteiger partial charge on any atom is -0.501 e. The molecule has 0 bridgehead atoms. The van der Waals surface area contributed by atoms with Gasteiger partial charge in [-0.05, 0) is 98.3 Å². The van der Waals surface area contributed by atoms with E-state index in [0.717, 1.165) is 38.9 Å². The molecule has 0 N–H and O–H groups in total. The number of aryl methyl sites for hydroxylation is 1. The molecule has 0 unspecified atom stereocenters. The number of nitrogens with zero attached hydrogens (tertiary/aromatic N) is 3. The van der Waals surface area contributed by atoms with Crippen LogP contribution < -0.4 is 0 Å². The average molecular weight is 1030 g/mol. The summed E-state index contributed by atoms with van der Waals surface area (Å²) in [7, 11) is 0. The monoisotopic (exact) mass is 1030 g/mol. The summed E-state index contributed by atoms with van der Waals surface area (Å²) in [6.45, 7) is 23.9. The van der Waals surface area contributed by atoms with Gasteiger partial charge in [-0.3, -0.25) is 9.37 Å². The van der Waals surface area contributed by atoms with Crippen LogP contribution in [0.25, 0.3) is 77.5 Å². The molecule has 9 rings (SSSR count). The first kappa shape index (κ1) is 42.5. The molecular formula is C57H58FIrN3O2-2. The number of furan rings is 2. The van der Waals surface area contributed by atoms with E-state index < -0.39 is 6.85 Å². The number of hydrogen-bond acceptors (Lipinski definition) is 5. The number of benzene rings is 5. The van der Waals surface area contributed by atoms with Crippen LogP contribution in [0.15, 0.2) is 106 Å². The SMILES string of the molecule is CC(C)(C)c1ccnc(-c2[c-]cc(F)cc2)c1.[2H]C([2H])([2H])c1c[c-]c(-c2cc(C(C)(C)C)ncn2)c2oc3cc4c(cc3c12)oc1ccc(-c2c(C(C)C)cc(C(C)C)cc2C(C)C)cc14.[Ir]. The molecule has 7 heteroatoms. The third kappa shape index (κ3) is 9.08. The minimum atomic E-state index is -2.38. The maximum Gasteiger partial charge on any atom is 0.136 e. The molecule has 64 heavy (non-hydrogen) atoms. The summed E-state index contributed by atoms with van der Waals surface area (Å²) in [5, 5.41) is 3.11. The Morgan fingerprint density at radius 1 is 0.641 bits per heavy atom. The van der Waals surface area contributed by atoms with Gasteiger partial charge in [0.05, 0.1) is 5.58 Å². The molecule has 0 fully saturated rings. The van der Waals surface area contributed by atoms with E-state index in [0.29, 0.717) is 56.5 Å². The van der Waals surface area contributed by atoms with Crippen molar-refractivity contribution >= 4 is 43.9 Å². The van der Waals surface area contributed by atoms with Gasteiger partial charge in [0.2, 0.25) is 0 Å². The second kappa shape index (κ2) is 17.8. The first-order valence-corrected chi connectivity index (χ1v) is 21.9. The van der Waals surface area contributed by atoms with Crippen LogP contribution in [0.2, 0.25) is 0 Å². The third-order valence-electron chi connectivity index (χ3n) is 11.9. The number of fused-ring (bicyclic) bond motifs is 6. The van der Waals surface area contributed by atoms with E-state index in [9.17, 15) is 4.39 Å². The minimum absolute atomic E-state index is 0. The van der Waals surface area contributed by atoms with Crippen molar-refractivity contribution in [3.63, 3.8) is 0 Å². The molecule has 1 radical (unpaired) electrons.